The van der Waals surface area contributed by atoms with Crippen LogP contribution in [0.15, 0.2) is 24.5 Å². The van der Waals surface area contributed by atoms with Crippen molar-refractivity contribution in [2.24, 2.45) is 0 Å². The molecule has 0 aliphatic rings. The predicted octanol–water partition coefficient (Wildman–Crippen LogP) is 1.68. The summed E-state index contributed by atoms with van der Waals surface area (Å²) in [6.07, 6.45) is 4.04. The molecule has 0 saturated carbocycles. The summed E-state index contributed by atoms with van der Waals surface area (Å²) in [6, 6.07) is 3.66. The molecule has 0 amide bonds. The molecule has 2 rings (SSSR count). The zero-order chi connectivity index (χ0) is 10.7. The highest BCUT2D eigenvalue weighted by molar-refractivity contribution is 7.17. The third-order valence-corrected chi connectivity index (χ3v) is 2.61. The fraction of sp³-hybridized carbons (Fsp3) is 0. The van der Waals surface area contributed by atoms with Gasteiger partial charge in [-0.1, -0.05) is 11.3 Å². The summed E-state index contributed by atoms with van der Waals surface area (Å²) in [5.74, 6) is 0.251. The standard InChI is InChI=1S/C9H8N4OS/c10-8-7(5-14)15-9(13-8)12-6-2-1-3-11-4-6/h1-5H,10H2,(H,12,13). The van der Waals surface area contributed by atoms with Crippen LogP contribution < -0.4 is 11.1 Å². The molecule has 2 aromatic rings. The van der Waals surface area contributed by atoms with Crippen LogP contribution >= 0.6 is 11.3 Å². The summed E-state index contributed by atoms with van der Waals surface area (Å²) in [7, 11) is 0. The average molecular weight is 220 g/mol. The van der Waals surface area contributed by atoms with Gasteiger partial charge in [0.1, 0.15) is 10.7 Å². The Morgan fingerprint density at radius 1 is 1.53 bits per heavy atom. The largest absolute Gasteiger partial charge is 0.382 e. The molecule has 0 atom stereocenters. The Labute approximate surface area is 90.0 Å². The lowest BCUT2D eigenvalue weighted by Crippen LogP contribution is -1.91. The monoisotopic (exact) mass is 220 g/mol. The topological polar surface area (TPSA) is 80.9 Å². The Bertz CT molecular complexity index is 468. The second-order valence-electron chi connectivity index (χ2n) is 2.75. The van der Waals surface area contributed by atoms with Gasteiger partial charge in [0.2, 0.25) is 0 Å². The normalized spacial score (nSPS) is 9.87. The van der Waals surface area contributed by atoms with Gasteiger partial charge in [0.15, 0.2) is 11.4 Å². The first-order chi connectivity index (χ1) is 7.29. The second-order valence-corrected chi connectivity index (χ2v) is 3.78. The average Bonchev–Trinajstić information content (AvgIpc) is 2.60. The second kappa shape index (κ2) is 4.05. The molecule has 0 aromatic carbocycles. The van der Waals surface area contributed by atoms with E-state index >= 15 is 0 Å². The van der Waals surface area contributed by atoms with Gasteiger partial charge in [-0.3, -0.25) is 9.78 Å². The number of hydrogen-bond donors (Lipinski definition) is 2. The molecule has 0 aliphatic carbocycles. The van der Waals surface area contributed by atoms with Crippen molar-refractivity contribution < 1.29 is 4.79 Å². The van der Waals surface area contributed by atoms with Gasteiger partial charge in [-0.25, -0.2) is 4.98 Å². The summed E-state index contributed by atoms with van der Waals surface area (Å²) in [6.45, 7) is 0. The third kappa shape index (κ3) is 2.10. The highest BCUT2D eigenvalue weighted by Gasteiger charge is 2.06. The number of carbonyl (C=O) groups is 1. The fourth-order valence-corrected chi connectivity index (χ4v) is 1.76. The Morgan fingerprint density at radius 2 is 2.40 bits per heavy atom. The van der Waals surface area contributed by atoms with Crippen LogP contribution in [0.25, 0.3) is 0 Å². The number of rotatable bonds is 3. The van der Waals surface area contributed by atoms with Gasteiger partial charge >= 0.3 is 0 Å². The molecule has 0 aliphatic heterocycles. The highest BCUT2D eigenvalue weighted by Crippen LogP contribution is 2.25. The number of nitrogens with one attached hydrogen (secondary N) is 1. The maximum atomic E-state index is 10.5. The Balaban J connectivity index is 2.21. The van der Waals surface area contributed by atoms with Crippen molar-refractivity contribution in [3.63, 3.8) is 0 Å². The predicted molar refractivity (Wildman–Crippen MR) is 59.4 cm³/mol. The molecule has 0 bridgehead atoms. The first kappa shape index (κ1) is 9.60. The zero-order valence-corrected chi connectivity index (χ0v) is 8.49. The van der Waals surface area contributed by atoms with Gasteiger partial charge in [-0.15, -0.1) is 0 Å². The Kier molecular flexibility index (Phi) is 2.59. The lowest BCUT2D eigenvalue weighted by molar-refractivity contribution is 0.112. The molecule has 15 heavy (non-hydrogen) atoms. The van der Waals surface area contributed by atoms with E-state index in [4.69, 9.17) is 5.73 Å². The van der Waals surface area contributed by atoms with Crippen molar-refractivity contribution >= 4 is 34.3 Å². The summed E-state index contributed by atoms with van der Waals surface area (Å²) >= 11 is 1.21. The summed E-state index contributed by atoms with van der Waals surface area (Å²) in [5.41, 5.74) is 6.33. The number of nitrogen functional groups attached to an aromatic ring is 1. The minimum atomic E-state index is 0.251. The summed E-state index contributed by atoms with van der Waals surface area (Å²) < 4.78 is 0. The number of carbonyl (C=O) groups excluding carboxylic acids is 1. The Morgan fingerprint density at radius 3 is 3.00 bits per heavy atom. The van der Waals surface area contributed by atoms with E-state index in [0.717, 1.165) is 5.69 Å². The van der Waals surface area contributed by atoms with Crippen molar-refractivity contribution in [1.29, 1.82) is 0 Å². The zero-order valence-electron chi connectivity index (χ0n) is 7.68. The van der Waals surface area contributed by atoms with Crippen molar-refractivity contribution in [3.05, 3.63) is 29.4 Å². The van der Waals surface area contributed by atoms with E-state index in [1.165, 1.54) is 11.3 Å². The van der Waals surface area contributed by atoms with E-state index in [9.17, 15) is 4.79 Å². The third-order valence-electron chi connectivity index (χ3n) is 1.70. The van der Waals surface area contributed by atoms with Crippen LogP contribution in [0.1, 0.15) is 9.67 Å². The van der Waals surface area contributed by atoms with Crippen LogP contribution in [0, 0.1) is 0 Å². The van der Waals surface area contributed by atoms with Gasteiger partial charge in [0, 0.05) is 6.20 Å². The van der Waals surface area contributed by atoms with Gasteiger partial charge in [-0.05, 0) is 12.1 Å². The molecule has 0 fully saturated rings. The number of nitrogens with zero attached hydrogens (tertiary/aromatic N) is 2. The molecule has 76 valence electrons. The summed E-state index contributed by atoms with van der Waals surface area (Å²) in [5, 5.41) is 3.59. The van der Waals surface area contributed by atoms with Gasteiger partial charge < -0.3 is 11.1 Å². The van der Waals surface area contributed by atoms with Crippen molar-refractivity contribution in [1.82, 2.24) is 9.97 Å². The minimum Gasteiger partial charge on any atom is -0.382 e. The number of anilines is 3. The van der Waals surface area contributed by atoms with Crippen molar-refractivity contribution in [3.8, 4) is 0 Å². The molecular formula is C9H8N4OS. The van der Waals surface area contributed by atoms with E-state index in [0.29, 0.717) is 16.3 Å². The van der Waals surface area contributed by atoms with Gasteiger partial charge in [-0.2, -0.15) is 0 Å². The van der Waals surface area contributed by atoms with Crippen molar-refractivity contribution in [2.75, 3.05) is 11.1 Å². The number of pyridine rings is 1. The molecule has 2 heterocycles. The lowest BCUT2D eigenvalue weighted by atomic mass is 10.4. The van der Waals surface area contributed by atoms with E-state index in [1.54, 1.807) is 18.5 Å². The van der Waals surface area contributed by atoms with Crippen molar-refractivity contribution in [2.45, 2.75) is 0 Å². The molecule has 3 N–H and O–H groups in total. The van der Waals surface area contributed by atoms with E-state index in [-0.39, 0.29) is 5.82 Å². The van der Waals surface area contributed by atoms with E-state index in [1.807, 2.05) is 6.07 Å². The van der Waals surface area contributed by atoms with E-state index in [2.05, 4.69) is 15.3 Å². The van der Waals surface area contributed by atoms with Crippen LogP contribution in [0.5, 0.6) is 0 Å². The maximum Gasteiger partial charge on any atom is 0.189 e. The SMILES string of the molecule is Nc1nc(Nc2cccnc2)sc1C=O. The van der Waals surface area contributed by atoms with Crippen LogP contribution in [-0.2, 0) is 0 Å². The first-order valence-electron chi connectivity index (χ1n) is 4.18. The maximum absolute atomic E-state index is 10.5. The molecule has 0 saturated heterocycles. The molecule has 0 radical (unpaired) electrons. The van der Waals surface area contributed by atoms with Crippen LogP contribution in [-0.4, -0.2) is 16.3 Å². The molecule has 0 unspecified atom stereocenters. The highest BCUT2D eigenvalue weighted by atomic mass is 32.1. The van der Waals surface area contributed by atoms with Gasteiger partial charge in [0.25, 0.3) is 0 Å². The first-order valence-corrected chi connectivity index (χ1v) is 5.00. The fourth-order valence-electron chi connectivity index (χ4n) is 1.04. The number of thiazole rings is 1. The number of aldehydes is 1. The number of hydrogen-bond acceptors (Lipinski definition) is 6. The Hall–Kier alpha value is -1.95. The number of aromatic nitrogens is 2. The van der Waals surface area contributed by atoms with Crippen LogP contribution in [0.4, 0.5) is 16.6 Å². The minimum absolute atomic E-state index is 0.251. The quantitative estimate of drug-likeness (QED) is 0.769. The molecule has 6 heteroatoms. The van der Waals surface area contributed by atoms with Gasteiger partial charge in [0.05, 0.1) is 11.9 Å². The van der Waals surface area contributed by atoms with Crippen LogP contribution in [0.2, 0.25) is 0 Å². The number of nitrogens with two attached hydrogens (primary N) is 1. The molecule has 0 spiro atoms. The molecule has 2 aromatic heterocycles. The lowest BCUT2D eigenvalue weighted by Gasteiger charge is -1.99. The van der Waals surface area contributed by atoms with Crippen LogP contribution in [0.3, 0.4) is 0 Å². The molecular weight excluding hydrogens is 212 g/mol. The molecule has 5 nitrogen and oxygen atoms in total. The van der Waals surface area contributed by atoms with E-state index < -0.39 is 0 Å². The smallest absolute Gasteiger partial charge is 0.189 e. The summed E-state index contributed by atoms with van der Waals surface area (Å²) in [4.78, 5) is 18.9.